The van der Waals surface area contributed by atoms with Crippen molar-refractivity contribution in [1.29, 1.82) is 0 Å². The number of halogens is 1. The van der Waals surface area contributed by atoms with Crippen molar-refractivity contribution < 1.29 is 9.53 Å². The average Bonchev–Trinajstić information content (AvgIpc) is 2.58. The van der Waals surface area contributed by atoms with Gasteiger partial charge in [0, 0.05) is 13.1 Å². The summed E-state index contributed by atoms with van der Waals surface area (Å²) in [4.78, 5) is 14.3. The molecule has 0 atom stereocenters. The number of ether oxygens (including phenoxy) is 1. The van der Waals surface area contributed by atoms with E-state index < -0.39 is 0 Å². The van der Waals surface area contributed by atoms with Crippen molar-refractivity contribution in [2.24, 2.45) is 0 Å². The number of morpholine rings is 1. The fourth-order valence-electron chi connectivity index (χ4n) is 2.32. The molecular formula is C16H17ClN4O2. The number of carbonyl (C=O) groups is 1. The second-order valence-corrected chi connectivity index (χ2v) is 5.72. The maximum absolute atomic E-state index is 12.2. The molecule has 0 unspecified atom stereocenters. The van der Waals surface area contributed by atoms with Gasteiger partial charge < -0.3 is 15.0 Å². The molecule has 2 aromatic rings. The summed E-state index contributed by atoms with van der Waals surface area (Å²) in [5, 5.41) is 11.4. The fourth-order valence-corrected chi connectivity index (χ4v) is 2.60. The molecule has 0 radical (unpaired) electrons. The third kappa shape index (κ3) is 3.78. The molecule has 120 valence electrons. The lowest BCUT2D eigenvalue weighted by Crippen LogP contribution is -2.37. The van der Waals surface area contributed by atoms with E-state index in [4.69, 9.17) is 16.3 Å². The highest BCUT2D eigenvalue weighted by atomic mass is 35.5. The number of hydrogen-bond donors (Lipinski definition) is 1. The Labute approximate surface area is 139 Å². The first-order valence-electron chi connectivity index (χ1n) is 7.37. The van der Waals surface area contributed by atoms with E-state index in [0.717, 1.165) is 24.5 Å². The van der Waals surface area contributed by atoms with Crippen molar-refractivity contribution in [3.8, 4) is 0 Å². The predicted octanol–water partition coefficient (Wildman–Crippen LogP) is 2.53. The standard InChI is InChI=1S/C16H17ClN4O2/c1-11-2-3-13(12(17)10-11)18-16(22)14-4-5-15(20-19-14)21-6-8-23-9-7-21/h2-5,10H,6-9H2,1H3,(H,18,22). The molecule has 1 fully saturated rings. The molecule has 2 heterocycles. The molecule has 1 saturated heterocycles. The van der Waals surface area contributed by atoms with E-state index in [1.54, 1.807) is 24.3 Å². The van der Waals surface area contributed by atoms with E-state index in [9.17, 15) is 4.79 Å². The predicted molar refractivity (Wildman–Crippen MR) is 89.2 cm³/mol. The Balaban J connectivity index is 1.69. The molecule has 3 rings (SSSR count). The number of hydrogen-bond acceptors (Lipinski definition) is 5. The second-order valence-electron chi connectivity index (χ2n) is 5.31. The Morgan fingerprint density at radius 1 is 1.22 bits per heavy atom. The van der Waals surface area contributed by atoms with Gasteiger partial charge in [0.05, 0.1) is 23.9 Å². The normalized spacial score (nSPS) is 14.6. The van der Waals surface area contributed by atoms with Crippen molar-refractivity contribution in [3.63, 3.8) is 0 Å². The van der Waals surface area contributed by atoms with Gasteiger partial charge in [0.1, 0.15) is 0 Å². The molecule has 6 nitrogen and oxygen atoms in total. The topological polar surface area (TPSA) is 67.4 Å². The monoisotopic (exact) mass is 332 g/mol. The Morgan fingerprint density at radius 2 is 2.00 bits per heavy atom. The minimum absolute atomic E-state index is 0.249. The highest BCUT2D eigenvalue weighted by molar-refractivity contribution is 6.34. The molecule has 1 aliphatic heterocycles. The van der Waals surface area contributed by atoms with Gasteiger partial charge in [0.25, 0.3) is 5.91 Å². The first-order chi connectivity index (χ1) is 11.1. The van der Waals surface area contributed by atoms with Crippen LogP contribution in [0.1, 0.15) is 16.1 Å². The Morgan fingerprint density at radius 3 is 2.65 bits per heavy atom. The van der Waals surface area contributed by atoms with Crippen LogP contribution in [0.5, 0.6) is 0 Å². The van der Waals surface area contributed by atoms with Crippen LogP contribution in [0.25, 0.3) is 0 Å². The van der Waals surface area contributed by atoms with Gasteiger partial charge in [-0.1, -0.05) is 17.7 Å². The molecule has 0 aliphatic carbocycles. The van der Waals surface area contributed by atoms with Gasteiger partial charge in [-0.3, -0.25) is 4.79 Å². The zero-order chi connectivity index (χ0) is 16.2. The number of benzene rings is 1. The lowest BCUT2D eigenvalue weighted by atomic mass is 10.2. The van der Waals surface area contributed by atoms with Crippen LogP contribution in [0.2, 0.25) is 5.02 Å². The van der Waals surface area contributed by atoms with Crippen LogP contribution < -0.4 is 10.2 Å². The number of amides is 1. The molecule has 0 spiro atoms. The van der Waals surface area contributed by atoms with E-state index in [-0.39, 0.29) is 11.6 Å². The minimum atomic E-state index is -0.336. The molecule has 7 heteroatoms. The largest absolute Gasteiger partial charge is 0.378 e. The molecule has 1 N–H and O–H groups in total. The van der Waals surface area contributed by atoms with Crippen LogP contribution >= 0.6 is 11.6 Å². The highest BCUT2D eigenvalue weighted by Crippen LogP contribution is 2.23. The van der Waals surface area contributed by atoms with Gasteiger partial charge in [-0.05, 0) is 36.8 Å². The number of nitrogens with one attached hydrogen (secondary N) is 1. The number of rotatable bonds is 3. The van der Waals surface area contributed by atoms with Crippen molar-refractivity contribution in [3.05, 3.63) is 46.6 Å². The molecule has 0 bridgehead atoms. The number of carbonyl (C=O) groups excluding carboxylic acids is 1. The smallest absolute Gasteiger partial charge is 0.276 e. The van der Waals surface area contributed by atoms with Crippen LogP contribution in [-0.4, -0.2) is 42.4 Å². The van der Waals surface area contributed by atoms with Gasteiger partial charge in [-0.2, -0.15) is 0 Å². The zero-order valence-corrected chi connectivity index (χ0v) is 13.5. The first kappa shape index (κ1) is 15.7. The summed E-state index contributed by atoms with van der Waals surface area (Å²) in [6, 6.07) is 8.91. The van der Waals surface area contributed by atoms with E-state index in [0.29, 0.717) is 23.9 Å². The Bertz CT molecular complexity index is 700. The maximum Gasteiger partial charge on any atom is 0.276 e. The van der Waals surface area contributed by atoms with Crippen LogP contribution in [-0.2, 0) is 4.74 Å². The highest BCUT2D eigenvalue weighted by Gasteiger charge is 2.15. The van der Waals surface area contributed by atoms with Crippen LogP contribution in [0, 0.1) is 6.92 Å². The molecule has 1 aliphatic rings. The summed E-state index contributed by atoms with van der Waals surface area (Å²) >= 11 is 6.12. The molecule has 1 amide bonds. The maximum atomic E-state index is 12.2. The lowest BCUT2D eigenvalue weighted by molar-refractivity contribution is 0.102. The summed E-state index contributed by atoms with van der Waals surface area (Å²) < 4.78 is 5.30. The van der Waals surface area contributed by atoms with E-state index in [2.05, 4.69) is 20.4 Å². The van der Waals surface area contributed by atoms with E-state index >= 15 is 0 Å². The summed E-state index contributed by atoms with van der Waals surface area (Å²) in [5.74, 6) is 0.412. The summed E-state index contributed by atoms with van der Waals surface area (Å²) in [6.07, 6.45) is 0. The van der Waals surface area contributed by atoms with Gasteiger partial charge in [-0.25, -0.2) is 0 Å². The van der Waals surface area contributed by atoms with Crippen molar-refractivity contribution in [2.75, 3.05) is 36.5 Å². The van der Waals surface area contributed by atoms with Gasteiger partial charge in [0.2, 0.25) is 0 Å². The lowest BCUT2D eigenvalue weighted by Gasteiger charge is -2.27. The zero-order valence-electron chi connectivity index (χ0n) is 12.8. The molecular weight excluding hydrogens is 316 g/mol. The van der Waals surface area contributed by atoms with E-state index in [1.807, 2.05) is 13.0 Å². The van der Waals surface area contributed by atoms with Crippen LogP contribution in [0.3, 0.4) is 0 Å². The number of aromatic nitrogens is 2. The average molecular weight is 333 g/mol. The number of anilines is 2. The SMILES string of the molecule is Cc1ccc(NC(=O)c2ccc(N3CCOCC3)nn2)c(Cl)c1. The van der Waals surface area contributed by atoms with E-state index in [1.165, 1.54) is 0 Å². The molecule has 0 saturated carbocycles. The third-order valence-electron chi connectivity index (χ3n) is 3.59. The summed E-state index contributed by atoms with van der Waals surface area (Å²) in [5.41, 5.74) is 1.84. The Hall–Kier alpha value is -2.18. The first-order valence-corrected chi connectivity index (χ1v) is 7.75. The van der Waals surface area contributed by atoms with Gasteiger partial charge >= 0.3 is 0 Å². The fraction of sp³-hybridized carbons (Fsp3) is 0.312. The quantitative estimate of drug-likeness (QED) is 0.935. The minimum Gasteiger partial charge on any atom is -0.378 e. The number of nitrogens with zero attached hydrogens (tertiary/aromatic N) is 3. The summed E-state index contributed by atoms with van der Waals surface area (Å²) in [6.45, 7) is 4.84. The number of aryl methyl sites for hydroxylation is 1. The van der Waals surface area contributed by atoms with Crippen molar-refractivity contribution in [1.82, 2.24) is 10.2 Å². The van der Waals surface area contributed by atoms with Gasteiger partial charge in [0.15, 0.2) is 11.5 Å². The van der Waals surface area contributed by atoms with Crippen molar-refractivity contribution in [2.45, 2.75) is 6.92 Å². The second kappa shape index (κ2) is 6.93. The third-order valence-corrected chi connectivity index (χ3v) is 3.90. The summed E-state index contributed by atoms with van der Waals surface area (Å²) in [7, 11) is 0. The Kier molecular flexibility index (Phi) is 4.73. The molecule has 1 aromatic heterocycles. The van der Waals surface area contributed by atoms with Crippen LogP contribution in [0.15, 0.2) is 30.3 Å². The van der Waals surface area contributed by atoms with Crippen LogP contribution in [0.4, 0.5) is 11.5 Å². The molecule has 1 aromatic carbocycles. The molecule has 23 heavy (non-hydrogen) atoms. The van der Waals surface area contributed by atoms with Crippen molar-refractivity contribution >= 4 is 29.0 Å². The van der Waals surface area contributed by atoms with Gasteiger partial charge in [-0.15, -0.1) is 10.2 Å².